The summed E-state index contributed by atoms with van der Waals surface area (Å²) in [6, 6.07) is 17.0. The molecule has 0 spiro atoms. The lowest BCUT2D eigenvalue weighted by atomic mass is 9.74. The molecule has 5 rings (SSSR count). The molecule has 2 heterocycles. The van der Waals surface area contributed by atoms with Crippen LogP contribution in [0.2, 0.25) is 0 Å². The number of hydrogen-bond acceptors (Lipinski definition) is 5. The molecule has 0 fully saturated rings. The number of para-hydroxylation sites is 2. The molecule has 0 atom stereocenters. The van der Waals surface area contributed by atoms with E-state index in [0.717, 1.165) is 11.4 Å². The Morgan fingerprint density at radius 1 is 0.967 bits per heavy atom. The van der Waals surface area contributed by atoms with Crippen molar-refractivity contribution in [3.8, 4) is 5.69 Å². The summed E-state index contributed by atoms with van der Waals surface area (Å²) in [6.07, 6.45) is 2.16. The van der Waals surface area contributed by atoms with Gasteiger partial charge in [-0.2, -0.15) is 10.2 Å². The van der Waals surface area contributed by atoms with Crippen molar-refractivity contribution >= 4 is 28.8 Å². The largest absolute Gasteiger partial charge is 0.320 e. The van der Waals surface area contributed by atoms with Crippen LogP contribution < -0.4 is 5.32 Å². The van der Waals surface area contributed by atoms with Gasteiger partial charge < -0.3 is 5.32 Å². The van der Waals surface area contributed by atoms with Crippen molar-refractivity contribution in [3.63, 3.8) is 0 Å². The Morgan fingerprint density at radius 3 is 2.50 bits per heavy atom. The van der Waals surface area contributed by atoms with Crippen molar-refractivity contribution in [2.24, 2.45) is 15.6 Å². The molecule has 7 nitrogen and oxygen atoms in total. The Hall–Kier alpha value is -3.87. The Balaban J connectivity index is 1.57. The minimum atomic E-state index is -0.560. The van der Waals surface area contributed by atoms with Crippen LogP contribution in [0.1, 0.15) is 35.5 Å². The highest BCUT2D eigenvalue weighted by atomic mass is 16.2. The summed E-state index contributed by atoms with van der Waals surface area (Å²) < 4.78 is 1.80. The lowest BCUT2D eigenvalue weighted by Crippen LogP contribution is -2.39. The highest BCUT2D eigenvalue weighted by Gasteiger charge is 2.41. The molecule has 1 aliphatic heterocycles. The smallest absolute Gasteiger partial charge is 0.276 e. The first-order chi connectivity index (χ1) is 14.5. The second kappa shape index (κ2) is 6.59. The third kappa shape index (κ3) is 2.78. The van der Waals surface area contributed by atoms with Crippen molar-refractivity contribution in [2.45, 2.75) is 20.3 Å². The SMILES string of the molecule is CC1(C)Cc2c(cnn2-c2ccccc2)C(=O)C1=N/N=C1\C(=O)Nc2ccccc21. The third-order valence-electron chi connectivity index (χ3n) is 5.48. The van der Waals surface area contributed by atoms with Crippen LogP contribution in [0.3, 0.4) is 0 Å². The number of nitrogens with zero attached hydrogens (tertiary/aromatic N) is 4. The lowest BCUT2D eigenvalue weighted by Gasteiger charge is -2.30. The zero-order chi connectivity index (χ0) is 20.9. The Labute approximate surface area is 173 Å². The predicted molar refractivity (Wildman–Crippen MR) is 114 cm³/mol. The minimum absolute atomic E-state index is 0.209. The predicted octanol–water partition coefficient (Wildman–Crippen LogP) is 3.43. The summed E-state index contributed by atoms with van der Waals surface area (Å²) in [6.45, 7) is 3.91. The van der Waals surface area contributed by atoms with Gasteiger partial charge >= 0.3 is 0 Å². The number of amides is 1. The van der Waals surface area contributed by atoms with Crippen LogP contribution in [0.4, 0.5) is 5.69 Å². The molecule has 1 N–H and O–H groups in total. The number of benzene rings is 2. The van der Waals surface area contributed by atoms with Gasteiger partial charge in [-0.3, -0.25) is 9.59 Å². The van der Waals surface area contributed by atoms with Gasteiger partial charge in [0, 0.05) is 17.4 Å². The van der Waals surface area contributed by atoms with Crippen LogP contribution in [-0.4, -0.2) is 32.9 Å². The van der Waals surface area contributed by atoms with Crippen LogP contribution in [0.15, 0.2) is 71.0 Å². The minimum Gasteiger partial charge on any atom is -0.320 e. The van der Waals surface area contributed by atoms with Gasteiger partial charge in [0.2, 0.25) is 5.78 Å². The van der Waals surface area contributed by atoms with Crippen molar-refractivity contribution in [1.29, 1.82) is 0 Å². The molecule has 30 heavy (non-hydrogen) atoms. The fourth-order valence-corrected chi connectivity index (χ4v) is 3.94. The molecule has 0 bridgehead atoms. The number of aromatic nitrogens is 2. The number of nitrogens with one attached hydrogen (secondary N) is 1. The van der Waals surface area contributed by atoms with Gasteiger partial charge in [0.15, 0.2) is 5.71 Å². The van der Waals surface area contributed by atoms with Gasteiger partial charge in [0.25, 0.3) is 5.91 Å². The molecule has 2 aliphatic rings. The molecular formula is C23H19N5O2. The summed E-state index contributed by atoms with van der Waals surface area (Å²) >= 11 is 0. The number of ketones is 1. The first-order valence-corrected chi connectivity index (χ1v) is 9.69. The van der Waals surface area contributed by atoms with E-state index in [0.29, 0.717) is 28.9 Å². The fourth-order valence-electron chi connectivity index (χ4n) is 3.94. The Morgan fingerprint density at radius 2 is 1.70 bits per heavy atom. The van der Waals surface area contributed by atoms with E-state index >= 15 is 0 Å². The standard InChI is InChI=1S/C23H19N5O2/c1-23(2)12-18-16(13-24-28(18)14-8-4-3-5-9-14)20(29)21(23)27-26-19-15-10-6-7-11-17(15)25-22(19)30/h3-11,13H,12H2,1-2H3,(H,25,26,30). The van der Waals surface area contributed by atoms with E-state index in [9.17, 15) is 9.59 Å². The molecule has 1 aromatic heterocycles. The lowest BCUT2D eigenvalue weighted by molar-refractivity contribution is -0.110. The number of carbonyl (C=O) groups is 2. The van der Waals surface area contributed by atoms with Gasteiger partial charge in [-0.15, -0.1) is 5.10 Å². The molecule has 148 valence electrons. The average Bonchev–Trinajstić information content (AvgIpc) is 3.28. The molecule has 1 amide bonds. The number of Topliss-reactive ketones (excluding diaryl/α,β-unsaturated/α-hetero) is 1. The highest BCUT2D eigenvalue weighted by Crippen LogP contribution is 2.34. The maximum absolute atomic E-state index is 13.3. The second-order valence-electron chi connectivity index (χ2n) is 8.04. The summed E-state index contributed by atoms with van der Waals surface area (Å²) in [5.41, 5.74) is 3.64. The normalized spacial score (nSPS) is 19.7. The van der Waals surface area contributed by atoms with Crippen LogP contribution in [-0.2, 0) is 11.2 Å². The summed E-state index contributed by atoms with van der Waals surface area (Å²) in [7, 11) is 0. The van der Waals surface area contributed by atoms with E-state index in [4.69, 9.17) is 0 Å². The van der Waals surface area contributed by atoms with E-state index in [1.165, 1.54) is 0 Å². The summed E-state index contributed by atoms with van der Waals surface area (Å²) in [4.78, 5) is 25.6. The maximum Gasteiger partial charge on any atom is 0.276 e. The molecule has 7 heteroatoms. The molecule has 0 radical (unpaired) electrons. The van der Waals surface area contributed by atoms with Gasteiger partial charge in [-0.1, -0.05) is 50.2 Å². The van der Waals surface area contributed by atoms with E-state index in [1.54, 1.807) is 10.9 Å². The molecule has 0 unspecified atom stereocenters. The second-order valence-corrected chi connectivity index (χ2v) is 8.04. The molecule has 2 aromatic carbocycles. The fraction of sp³-hybridized carbons (Fsp3) is 0.174. The number of carbonyl (C=O) groups excluding carboxylic acids is 2. The third-order valence-corrected chi connectivity index (χ3v) is 5.48. The van der Waals surface area contributed by atoms with Crippen LogP contribution >= 0.6 is 0 Å². The number of hydrogen-bond donors (Lipinski definition) is 1. The molecule has 0 saturated heterocycles. The van der Waals surface area contributed by atoms with E-state index in [1.807, 2.05) is 68.4 Å². The van der Waals surface area contributed by atoms with Gasteiger partial charge in [-0.25, -0.2) is 4.68 Å². The summed E-state index contributed by atoms with van der Waals surface area (Å²) in [5, 5.41) is 15.7. The monoisotopic (exact) mass is 397 g/mol. The highest BCUT2D eigenvalue weighted by molar-refractivity contribution is 6.54. The molecule has 1 aliphatic carbocycles. The van der Waals surface area contributed by atoms with Crippen LogP contribution in [0, 0.1) is 5.41 Å². The Kier molecular flexibility index (Phi) is 3.99. The zero-order valence-electron chi connectivity index (χ0n) is 16.6. The van der Waals surface area contributed by atoms with Gasteiger partial charge in [0.05, 0.1) is 28.8 Å². The molecular weight excluding hydrogens is 378 g/mol. The number of fused-ring (bicyclic) bond motifs is 2. The molecule has 0 saturated carbocycles. The topological polar surface area (TPSA) is 88.7 Å². The van der Waals surface area contributed by atoms with Crippen molar-refractivity contribution < 1.29 is 9.59 Å². The average molecular weight is 397 g/mol. The van der Waals surface area contributed by atoms with Gasteiger partial charge in [0.1, 0.15) is 5.71 Å². The van der Waals surface area contributed by atoms with Crippen molar-refractivity contribution in [1.82, 2.24) is 9.78 Å². The summed E-state index contributed by atoms with van der Waals surface area (Å²) in [5.74, 6) is -0.529. The number of rotatable bonds is 2. The molecule has 3 aromatic rings. The van der Waals surface area contributed by atoms with Crippen molar-refractivity contribution in [2.75, 3.05) is 5.32 Å². The quantitative estimate of drug-likeness (QED) is 0.672. The van der Waals surface area contributed by atoms with E-state index in [-0.39, 0.29) is 17.4 Å². The first-order valence-electron chi connectivity index (χ1n) is 9.69. The Bertz CT molecular complexity index is 1250. The van der Waals surface area contributed by atoms with Crippen LogP contribution in [0.5, 0.6) is 0 Å². The van der Waals surface area contributed by atoms with Gasteiger partial charge in [-0.05, 0) is 18.2 Å². The van der Waals surface area contributed by atoms with Crippen LogP contribution in [0.25, 0.3) is 5.69 Å². The first kappa shape index (κ1) is 18.2. The van der Waals surface area contributed by atoms with E-state index < -0.39 is 5.41 Å². The maximum atomic E-state index is 13.3. The van der Waals surface area contributed by atoms with Crippen molar-refractivity contribution in [3.05, 3.63) is 77.6 Å². The van der Waals surface area contributed by atoms with E-state index in [2.05, 4.69) is 20.6 Å². The zero-order valence-corrected chi connectivity index (χ0v) is 16.6. The number of anilines is 1.